The summed E-state index contributed by atoms with van der Waals surface area (Å²) >= 11 is 0. The van der Waals surface area contributed by atoms with Crippen molar-refractivity contribution in [1.29, 1.82) is 0 Å². The summed E-state index contributed by atoms with van der Waals surface area (Å²) in [4.78, 5) is 0. The molecule has 0 amide bonds. The number of rotatable bonds is 4. The van der Waals surface area contributed by atoms with Gasteiger partial charge >= 0.3 is 0 Å². The van der Waals surface area contributed by atoms with Crippen LogP contribution in [0.4, 0.5) is 0 Å². The lowest BCUT2D eigenvalue weighted by atomic mass is 9.73. The van der Waals surface area contributed by atoms with Crippen LogP contribution in [0.3, 0.4) is 0 Å². The lowest BCUT2D eigenvalue weighted by Crippen LogP contribution is -2.34. The first-order valence-electron chi connectivity index (χ1n) is 6.40. The van der Waals surface area contributed by atoms with Gasteiger partial charge in [-0.05, 0) is 37.0 Å². The normalized spacial score (nSPS) is 30.6. The van der Waals surface area contributed by atoms with Gasteiger partial charge in [0.25, 0.3) is 0 Å². The first kappa shape index (κ1) is 12.0. The van der Waals surface area contributed by atoms with E-state index in [1.165, 1.54) is 38.5 Å². The van der Waals surface area contributed by atoms with Crippen LogP contribution in [0.5, 0.6) is 0 Å². The Morgan fingerprint density at radius 2 is 1.86 bits per heavy atom. The lowest BCUT2D eigenvalue weighted by Gasteiger charge is -2.34. The van der Waals surface area contributed by atoms with Gasteiger partial charge in [0.05, 0.1) is 0 Å². The van der Waals surface area contributed by atoms with Gasteiger partial charge < -0.3 is 5.73 Å². The van der Waals surface area contributed by atoms with Gasteiger partial charge in [-0.3, -0.25) is 0 Å². The smallest absolute Gasteiger partial charge is 0.00671 e. The van der Waals surface area contributed by atoms with Crippen molar-refractivity contribution in [3.05, 3.63) is 0 Å². The maximum Gasteiger partial charge on any atom is 0.00671 e. The topological polar surface area (TPSA) is 26.0 Å². The van der Waals surface area contributed by atoms with Crippen molar-refractivity contribution >= 4 is 0 Å². The Morgan fingerprint density at radius 1 is 1.21 bits per heavy atom. The molecule has 0 bridgehead atoms. The molecule has 1 heteroatoms. The SMILES string of the molecule is CCCC(N)C1CCCC(C(C)C)C1. The van der Waals surface area contributed by atoms with Crippen LogP contribution in [0.1, 0.15) is 59.3 Å². The molecule has 3 atom stereocenters. The molecule has 1 nitrogen and oxygen atoms in total. The molecule has 0 aliphatic heterocycles. The molecule has 1 fully saturated rings. The Bertz CT molecular complexity index is 153. The third-order valence-electron chi connectivity index (χ3n) is 3.93. The third kappa shape index (κ3) is 3.27. The summed E-state index contributed by atoms with van der Waals surface area (Å²) in [5.74, 6) is 2.61. The largest absolute Gasteiger partial charge is 0.327 e. The van der Waals surface area contributed by atoms with E-state index < -0.39 is 0 Å². The fraction of sp³-hybridized carbons (Fsp3) is 1.00. The zero-order chi connectivity index (χ0) is 10.6. The second kappa shape index (κ2) is 5.75. The predicted octanol–water partition coefficient (Wildman–Crippen LogP) is 3.58. The minimum Gasteiger partial charge on any atom is -0.327 e. The minimum absolute atomic E-state index is 0.474. The molecule has 1 saturated carbocycles. The standard InChI is InChI=1S/C13H27N/c1-4-6-13(14)12-8-5-7-11(9-12)10(2)3/h10-13H,4-9,14H2,1-3H3. The van der Waals surface area contributed by atoms with E-state index in [0.717, 1.165) is 17.8 Å². The highest BCUT2D eigenvalue weighted by Gasteiger charge is 2.27. The second-order valence-electron chi connectivity index (χ2n) is 5.38. The highest BCUT2D eigenvalue weighted by molar-refractivity contribution is 4.81. The summed E-state index contributed by atoms with van der Waals surface area (Å²) < 4.78 is 0. The van der Waals surface area contributed by atoms with Crippen molar-refractivity contribution in [2.75, 3.05) is 0 Å². The van der Waals surface area contributed by atoms with E-state index in [9.17, 15) is 0 Å². The van der Waals surface area contributed by atoms with E-state index in [0.29, 0.717) is 6.04 Å². The van der Waals surface area contributed by atoms with Crippen molar-refractivity contribution in [3.63, 3.8) is 0 Å². The van der Waals surface area contributed by atoms with E-state index in [2.05, 4.69) is 20.8 Å². The quantitative estimate of drug-likeness (QED) is 0.732. The van der Waals surface area contributed by atoms with Crippen molar-refractivity contribution in [2.24, 2.45) is 23.5 Å². The maximum atomic E-state index is 6.22. The summed E-state index contributed by atoms with van der Waals surface area (Å²) in [5.41, 5.74) is 6.22. The minimum atomic E-state index is 0.474. The monoisotopic (exact) mass is 197 g/mol. The molecular formula is C13H27N. The number of nitrogens with two attached hydrogens (primary N) is 1. The van der Waals surface area contributed by atoms with E-state index in [1.54, 1.807) is 0 Å². The van der Waals surface area contributed by atoms with Gasteiger partial charge in [-0.1, -0.05) is 40.0 Å². The number of hydrogen-bond acceptors (Lipinski definition) is 1. The Hall–Kier alpha value is -0.0400. The highest BCUT2D eigenvalue weighted by Crippen LogP contribution is 2.35. The van der Waals surface area contributed by atoms with Gasteiger partial charge in [0.1, 0.15) is 0 Å². The molecule has 0 radical (unpaired) electrons. The van der Waals surface area contributed by atoms with E-state index in [-0.39, 0.29) is 0 Å². The van der Waals surface area contributed by atoms with Crippen molar-refractivity contribution in [2.45, 2.75) is 65.3 Å². The average Bonchev–Trinajstić information content (AvgIpc) is 2.18. The second-order valence-corrected chi connectivity index (χ2v) is 5.38. The third-order valence-corrected chi connectivity index (χ3v) is 3.93. The summed E-state index contributed by atoms with van der Waals surface area (Å²) in [6.45, 7) is 6.96. The molecule has 0 aromatic carbocycles. The maximum absolute atomic E-state index is 6.22. The Labute approximate surface area is 89.5 Å². The van der Waals surface area contributed by atoms with E-state index in [1.807, 2.05) is 0 Å². The van der Waals surface area contributed by atoms with Crippen LogP contribution in [-0.4, -0.2) is 6.04 Å². The first-order chi connectivity index (χ1) is 6.65. The van der Waals surface area contributed by atoms with Crippen LogP contribution in [0.15, 0.2) is 0 Å². The van der Waals surface area contributed by atoms with Gasteiger partial charge in [-0.2, -0.15) is 0 Å². The lowest BCUT2D eigenvalue weighted by molar-refractivity contribution is 0.188. The molecule has 1 aliphatic carbocycles. The van der Waals surface area contributed by atoms with Crippen LogP contribution in [0, 0.1) is 17.8 Å². The Balaban J connectivity index is 2.39. The van der Waals surface area contributed by atoms with Crippen LogP contribution in [0.2, 0.25) is 0 Å². The molecule has 3 unspecified atom stereocenters. The first-order valence-corrected chi connectivity index (χ1v) is 6.40. The van der Waals surface area contributed by atoms with Crippen molar-refractivity contribution < 1.29 is 0 Å². The zero-order valence-corrected chi connectivity index (χ0v) is 10.1. The van der Waals surface area contributed by atoms with Gasteiger partial charge in [0.2, 0.25) is 0 Å². The number of hydrogen-bond donors (Lipinski definition) is 1. The molecular weight excluding hydrogens is 170 g/mol. The molecule has 2 N–H and O–H groups in total. The molecule has 0 heterocycles. The molecule has 0 aromatic rings. The van der Waals surface area contributed by atoms with Gasteiger partial charge in [-0.15, -0.1) is 0 Å². The Kier molecular flexibility index (Phi) is 4.94. The van der Waals surface area contributed by atoms with Gasteiger partial charge in [0, 0.05) is 6.04 Å². The van der Waals surface area contributed by atoms with Crippen molar-refractivity contribution in [1.82, 2.24) is 0 Å². The van der Waals surface area contributed by atoms with Crippen LogP contribution in [0.25, 0.3) is 0 Å². The fourth-order valence-corrected chi connectivity index (χ4v) is 2.83. The van der Waals surface area contributed by atoms with E-state index >= 15 is 0 Å². The summed E-state index contributed by atoms with van der Waals surface area (Å²) in [6.07, 6.45) is 8.07. The highest BCUT2D eigenvalue weighted by atomic mass is 14.6. The van der Waals surface area contributed by atoms with Crippen LogP contribution in [-0.2, 0) is 0 Å². The van der Waals surface area contributed by atoms with Gasteiger partial charge in [-0.25, -0.2) is 0 Å². The van der Waals surface area contributed by atoms with Crippen molar-refractivity contribution in [3.8, 4) is 0 Å². The summed E-state index contributed by atoms with van der Waals surface area (Å²) in [5, 5.41) is 0. The fourth-order valence-electron chi connectivity index (χ4n) is 2.83. The average molecular weight is 197 g/mol. The molecule has 0 spiro atoms. The van der Waals surface area contributed by atoms with Crippen LogP contribution >= 0.6 is 0 Å². The Morgan fingerprint density at radius 3 is 2.43 bits per heavy atom. The molecule has 1 aliphatic rings. The predicted molar refractivity (Wildman–Crippen MR) is 63.2 cm³/mol. The zero-order valence-electron chi connectivity index (χ0n) is 10.1. The summed E-state index contributed by atoms with van der Waals surface area (Å²) in [7, 11) is 0. The molecule has 84 valence electrons. The molecule has 1 rings (SSSR count). The summed E-state index contributed by atoms with van der Waals surface area (Å²) in [6, 6.07) is 0.474. The van der Waals surface area contributed by atoms with Gasteiger partial charge in [0.15, 0.2) is 0 Å². The molecule has 0 aromatic heterocycles. The molecule has 0 saturated heterocycles. The van der Waals surface area contributed by atoms with Crippen LogP contribution < -0.4 is 5.73 Å². The molecule has 14 heavy (non-hydrogen) atoms. The van der Waals surface area contributed by atoms with E-state index in [4.69, 9.17) is 5.73 Å².